The van der Waals surface area contributed by atoms with E-state index >= 15 is 0 Å². The van der Waals surface area contributed by atoms with Crippen molar-refractivity contribution >= 4 is 35.8 Å². The molecular formula is C23H35IN8O. The number of likely N-dealkylation sites (tertiary alicyclic amines) is 2. The first-order valence-electron chi connectivity index (χ1n) is 11.5. The van der Waals surface area contributed by atoms with Crippen molar-refractivity contribution in [3.8, 4) is 0 Å². The van der Waals surface area contributed by atoms with E-state index in [4.69, 9.17) is 5.73 Å². The Morgan fingerprint density at radius 1 is 1.24 bits per heavy atom. The SMILES string of the molecule is CN=C(NCc1cccc(CN2CCCC(C(N)=O)C2)c1)N1CCC(c2ncn[nH]2)CC1.I. The third-order valence-corrected chi connectivity index (χ3v) is 6.58. The van der Waals surface area contributed by atoms with Gasteiger partial charge in [-0.2, -0.15) is 5.10 Å². The molecular weight excluding hydrogens is 531 g/mol. The van der Waals surface area contributed by atoms with Crippen LogP contribution in [0.2, 0.25) is 0 Å². The van der Waals surface area contributed by atoms with Gasteiger partial charge in [-0.15, -0.1) is 24.0 Å². The molecule has 0 bridgehead atoms. The fraction of sp³-hybridized carbons (Fsp3) is 0.565. The Hall–Kier alpha value is -2.21. The van der Waals surface area contributed by atoms with Gasteiger partial charge in [0.05, 0.1) is 5.92 Å². The van der Waals surface area contributed by atoms with Gasteiger partial charge in [-0.3, -0.25) is 19.8 Å². The number of carbonyl (C=O) groups excluding carboxylic acids is 1. The normalized spacial score (nSPS) is 20.3. The van der Waals surface area contributed by atoms with Crippen LogP contribution in [0.1, 0.15) is 48.6 Å². The largest absolute Gasteiger partial charge is 0.369 e. The Labute approximate surface area is 212 Å². The third-order valence-electron chi connectivity index (χ3n) is 6.58. The van der Waals surface area contributed by atoms with Gasteiger partial charge >= 0.3 is 0 Å². The van der Waals surface area contributed by atoms with Crippen molar-refractivity contribution < 1.29 is 4.79 Å². The van der Waals surface area contributed by atoms with Crippen LogP contribution in [0.25, 0.3) is 0 Å². The van der Waals surface area contributed by atoms with Crippen molar-refractivity contribution in [2.75, 3.05) is 33.2 Å². The lowest BCUT2D eigenvalue weighted by Crippen LogP contribution is -2.45. The van der Waals surface area contributed by atoms with Gasteiger partial charge in [0.2, 0.25) is 5.91 Å². The lowest BCUT2D eigenvalue weighted by molar-refractivity contribution is -0.123. The van der Waals surface area contributed by atoms with E-state index in [1.807, 2.05) is 7.05 Å². The van der Waals surface area contributed by atoms with E-state index in [9.17, 15) is 4.79 Å². The molecule has 1 unspecified atom stereocenters. The molecule has 0 spiro atoms. The van der Waals surface area contributed by atoms with Gasteiger partial charge in [0, 0.05) is 45.7 Å². The average Bonchev–Trinajstić information content (AvgIpc) is 3.35. The molecule has 2 aromatic rings. The first-order chi connectivity index (χ1) is 15.6. The lowest BCUT2D eigenvalue weighted by Gasteiger charge is -2.33. The zero-order valence-electron chi connectivity index (χ0n) is 19.2. The minimum absolute atomic E-state index is 0. The van der Waals surface area contributed by atoms with Crippen molar-refractivity contribution in [3.05, 3.63) is 47.5 Å². The van der Waals surface area contributed by atoms with Gasteiger partial charge in [-0.05, 0) is 43.4 Å². The maximum absolute atomic E-state index is 11.6. The number of nitrogens with one attached hydrogen (secondary N) is 2. The number of hydrogen-bond donors (Lipinski definition) is 3. The van der Waals surface area contributed by atoms with E-state index in [0.717, 1.165) is 76.7 Å². The number of hydrogen-bond acceptors (Lipinski definition) is 5. The minimum atomic E-state index is -0.177. The number of aromatic nitrogens is 3. The Kier molecular flexibility index (Phi) is 9.48. The zero-order chi connectivity index (χ0) is 22.3. The van der Waals surface area contributed by atoms with Crippen LogP contribution in [0.3, 0.4) is 0 Å². The predicted octanol–water partition coefficient (Wildman–Crippen LogP) is 2.07. The van der Waals surface area contributed by atoms with Crippen LogP contribution in [0, 0.1) is 5.92 Å². The first-order valence-corrected chi connectivity index (χ1v) is 11.5. The summed E-state index contributed by atoms with van der Waals surface area (Å²) in [5.41, 5.74) is 8.01. The fourth-order valence-corrected chi connectivity index (χ4v) is 4.82. The molecule has 1 aromatic carbocycles. The average molecular weight is 566 g/mol. The number of guanidine groups is 1. The quantitative estimate of drug-likeness (QED) is 0.280. The molecule has 2 fully saturated rings. The summed E-state index contributed by atoms with van der Waals surface area (Å²) in [5.74, 6) is 2.16. The monoisotopic (exact) mass is 566 g/mol. The number of aromatic amines is 1. The second kappa shape index (κ2) is 12.3. The zero-order valence-corrected chi connectivity index (χ0v) is 21.6. The highest BCUT2D eigenvalue weighted by Crippen LogP contribution is 2.25. The Morgan fingerprint density at radius 2 is 2.03 bits per heavy atom. The summed E-state index contributed by atoms with van der Waals surface area (Å²) in [6.07, 6.45) is 5.58. The topological polar surface area (TPSA) is 116 Å². The summed E-state index contributed by atoms with van der Waals surface area (Å²) in [6, 6.07) is 8.64. The first kappa shape index (κ1) is 25.4. The van der Waals surface area contributed by atoms with Crippen molar-refractivity contribution in [2.24, 2.45) is 16.6 Å². The smallest absolute Gasteiger partial charge is 0.221 e. The second-order valence-electron chi connectivity index (χ2n) is 8.83. The van der Waals surface area contributed by atoms with Crippen molar-refractivity contribution in [1.29, 1.82) is 0 Å². The van der Waals surface area contributed by atoms with Crippen LogP contribution in [0.15, 0.2) is 35.6 Å². The van der Waals surface area contributed by atoms with Crippen LogP contribution >= 0.6 is 24.0 Å². The molecule has 180 valence electrons. The molecule has 1 aromatic heterocycles. The number of halogens is 1. The lowest BCUT2D eigenvalue weighted by atomic mass is 9.96. The molecule has 0 saturated carbocycles. The Bertz CT molecular complexity index is 911. The number of primary amides is 1. The van der Waals surface area contributed by atoms with Crippen LogP contribution in [0.4, 0.5) is 0 Å². The summed E-state index contributed by atoms with van der Waals surface area (Å²) in [7, 11) is 1.84. The highest BCUT2D eigenvalue weighted by molar-refractivity contribution is 14.0. The van der Waals surface area contributed by atoms with Gasteiger partial charge in [-0.1, -0.05) is 24.3 Å². The number of carbonyl (C=O) groups is 1. The number of piperidine rings is 2. The molecule has 9 nitrogen and oxygen atoms in total. The van der Waals surface area contributed by atoms with Crippen LogP contribution < -0.4 is 11.1 Å². The molecule has 1 amide bonds. The van der Waals surface area contributed by atoms with E-state index in [-0.39, 0.29) is 35.8 Å². The fourth-order valence-electron chi connectivity index (χ4n) is 4.82. The molecule has 2 aliphatic rings. The van der Waals surface area contributed by atoms with Crippen LogP contribution in [0.5, 0.6) is 0 Å². The van der Waals surface area contributed by atoms with Crippen molar-refractivity contribution in [2.45, 2.75) is 44.7 Å². The molecule has 33 heavy (non-hydrogen) atoms. The molecule has 2 aliphatic heterocycles. The number of H-pyrrole nitrogens is 1. The molecule has 0 aliphatic carbocycles. The second-order valence-corrected chi connectivity index (χ2v) is 8.83. The molecule has 3 heterocycles. The van der Waals surface area contributed by atoms with Crippen LogP contribution in [-0.4, -0.2) is 70.1 Å². The highest BCUT2D eigenvalue weighted by Gasteiger charge is 2.25. The summed E-state index contributed by atoms with van der Waals surface area (Å²) in [6.45, 7) is 5.24. The van der Waals surface area contributed by atoms with Gasteiger partial charge < -0.3 is 16.0 Å². The number of nitrogens with zero attached hydrogens (tertiary/aromatic N) is 5. The minimum Gasteiger partial charge on any atom is -0.369 e. The van der Waals surface area contributed by atoms with E-state index in [2.05, 4.69) is 59.6 Å². The van der Waals surface area contributed by atoms with E-state index in [0.29, 0.717) is 5.92 Å². The Balaban J connectivity index is 0.00000306. The van der Waals surface area contributed by atoms with E-state index in [1.165, 1.54) is 11.1 Å². The number of nitrogens with two attached hydrogens (primary N) is 1. The van der Waals surface area contributed by atoms with Crippen LogP contribution in [-0.2, 0) is 17.9 Å². The Morgan fingerprint density at radius 3 is 2.73 bits per heavy atom. The summed E-state index contributed by atoms with van der Waals surface area (Å²) >= 11 is 0. The molecule has 2 saturated heterocycles. The molecule has 0 radical (unpaired) electrons. The maximum atomic E-state index is 11.6. The summed E-state index contributed by atoms with van der Waals surface area (Å²) < 4.78 is 0. The highest BCUT2D eigenvalue weighted by atomic mass is 127. The molecule has 1 atom stereocenters. The standard InChI is InChI=1S/C23H34N8O.HI/c1-25-23(31-10-7-19(8-11-31)22-27-16-28-29-22)26-13-17-4-2-5-18(12-17)14-30-9-3-6-20(15-30)21(24)32;/h2,4-5,12,16,19-20H,3,6-11,13-15H2,1H3,(H2,24,32)(H,25,26)(H,27,28,29);1H. The van der Waals surface area contributed by atoms with Gasteiger partial charge in [0.15, 0.2) is 5.96 Å². The van der Waals surface area contributed by atoms with Crippen molar-refractivity contribution in [3.63, 3.8) is 0 Å². The maximum Gasteiger partial charge on any atom is 0.221 e. The molecule has 4 N–H and O–H groups in total. The summed E-state index contributed by atoms with van der Waals surface area (Å²) in [4.78, 5) is 25.0. The third kappa shape index (κ3) is 6.89. The van der Waals surface area contributed by atoms with E-state index < -0.39 is 0 Å². The molecule has 10 heteroatoms. The van der Waals surface area contributed by atoms with Crippen molar-refractivity contribution in [1.82, 2.24) is 30.3 Å². The van der Waals surface area contributed by atoms with Gasteiger partial charge in [-0.25, -0.2) is 4.98 Å². The number of amides is 1. The number of rotatable bonds is 6. The summed E-state index contributed by atoms with van der Waals surface area (Å²) in [5, 5.41) is 10.5. The number of benzene rings is 1. The van der Waals surface area contributed by atoms with Gasteiger partial charge in [0.25, 0.3) is 0 Å². The molecule has 4 rings (SSSR count). The number of aliphatic imine (C=N–C) groups is 1. The van der Waals surface area contributed by atoms with Gasteiger partial charge in [0.1, 0.15) is 12.2 Å². The predicted molar refractivity (Wildman–Crippen MR) is 139 cm³/mol. The van der Waals surface area contributed by atoms with E-state index in [1.54, 1.807) is 6.33 Å².